The van der Waals surface area contributed by atoms with Gasteiger partial charge in [0, 0.05) is 34.4 Å². The Morgan fingerprint density at radius 1 is 0.459 bits per heavy atom. The maximum absolute atomic E-state index is 6.89. The Bertz CT molecular complexity index is 3530. The van der Waals surface area contributed by atoms with Crippen LogP contribution >= 0.6 is 0 Å². The average Bonchev–Trinajstić information content (AvgIpc) is 4.00. The van der Waals surface area contributed by atoms with E-state index in [1.807, 2.05) is 36.4 Å². The van der Waals surface area contributed by atoms with E-state index in [0.29, 0.717) is 17.3 Å². The third-order valence-electron chi connectivity index (χ3n) is 14.5. The molecule has 368 valence electrons. The van der Waals surface area contributed by atoms with Crippen LogP contribution in [0, 0.1) is 12.1 Å². The summed E-state index contributed by atoms with van der Waals surface area (Å²) in [4.78, 5) is 5.51. The van der Waals surface area contributed by atoms with Crippen molar-refractivity contribution in [3.8, 4) is 73.1 Å². The van der Waals surface area contributed by atoms with Crippen LogP contribution in [0.1, 0.15) is 101 Å². The van der Waals surface area contributed by atoms with Gasteiger partial charge in [0.05, 0.1) is 22.6 Å². The van der Waals surface area contributed by atoms with Crippen molar-refractivity contribution in [3.63, 3.8) is 0 Å². The maximum Gasteiger partial charge on any atom is 2.00 e. The Morgan fingerprint density at radius 3 is 1.55 bits per heavy atom. The topological polar surface area (TPSA) is 52.8 Å². The van der Waals surface area contributed by atoms with E-state index in [4.69, 9.17) is 14.8 Å². The minimum Gasteiger partial charge on any atom is -0.503 e. The number of rotatable bonds is 9. The predicted molar refractivity (Wildman–Crippen MR) is 298 cm³/mol. The van der Waals surface area contributed by atoms with Gasteiger partial charge in [0.15, 0.2) is 0 Å². The maximum atomic E-state index is 6.89. The summed E-state index contributed by atoms with van der Waals surface area (Å²) in [5.74, 6) is 1.74. The van der Waals surface area contributed by atoms with E-state index in [1.54, 1.807) is 6.33 Å². The van der Waals surface area contributed by atoms with Gasteiger partial charge in [-0.25, -0.2) is 0 Å². The molecule has 1 aliphatic rings. The minimum absolute atomic E-state index is 0. The number of hydrogen-bond acceptors (Lipinski definition) is 4. The molecular weight excluding hydrogens is 1080 g/mol. The molecule has 1 aliphatic carbocycles. The monoisotopic (exact) mass is 1140 g/mol. The van der Waals surface area contributed by atoms with Crippen LogP contribution in [0.5, 0.6) is 11.5 Å². The molecule has 0 amide bonds. The molecule has 0 fully saturated rings. The van der Waals surface area contributed by atoms with Gasteiger partial charge in [-0.3, -0.25) is 4.98 Å². The van der Waals surface area contributed by atoms with Crippen molar-refractivity contribution in [2.45, 2.75) is 84.0 Å². The number of fused-ring (bicyclic) bond motifs is 3. The molecule has 0 aliphatic heterocycles. The fourth-order valence-corrected chi connectivity index (χ4v) is 10.5. The Hall–Kier alpha value is -7.46. The van der Waals surface area contributed by atoms with Crippen molar-refractivity contribution < 1.29 is 25.8 Å². The third kappa shape index (κ3) is 9.17. The van der Waals surface area contributed by atoms with Crippen LogP contribution < -0.4 is 4.74 Å². The van der Waals surface area contributed by atoms with E-state index < -0.39 is 5.41 Å². The Labute approximate surface area is 451 Å². The van der Waals surface area contributed by atoms with Gasteiger partial charge in [-0.05, 0) is 77.9 Å². The number of pyridine rings is 1. The zero-order valence-corrected chi connectivity index (χ0v) is 45.8. The van der Waals surface area contributed by atoms with Gasteiger partial charge in [0.25, 0.3) is 0 Å². The number of aromatic nitrogens is 4. The van der Waals surface area contributed by atoms with E-state index in [1.165, 1.54) is 38.9 Å². The molecule has 0 spiro atoms. The van der Waals surface area contributed by atoms with Crippen LogP contribution in [0.3, 0.4) is 0 Å². The molecule has 2 aromatic heterocycles. The fraction of sp³-hybridized carbons (Fsp3) is 0.191. The summed E-state index contributed by atoms with van der Waals surface area (Å²) in [5, 5.41) is 9.24. The summed E-state index contributed by atoms with van der Waals surface area (Å²) in [7, 11) is 0. The van der Waals surface area contributed by atoms with Crippen molar-refractivity contribution in [1.82, 2.24) is 19.7 Å². The molecule has 2 heterocycles. The molecule has 0 atom stereocenters. The number of ether oxygens (including phenoxy) is 1. The first-order valence-corrected chi connectivity index (χ1v) is 25.3. The van der Waals surface area contributed by atoms with Crippen LogP contribution in [0.2, 0.25) is 0 Å². The van der Waals surface area contributed by atoms with E-state index in [-0.39, 0.29) is 37.3 Å². The number of hydrogen-bond donors (Lipinski definition) is 0. The van der Waals surface area contributed by atoms with Gasteiger partial charge < -0.3 is 9.30 Å². The molecule has 0 unspecified atom stereocenters. The second-order valence-electron chi connectivity index (χ2n) is 22.5. The van der Waals surface area contributed by atoms with Crippen LogP contribution in [-0.2, 0) is 42.7 Å². The Balaban J connectivity index is 0.00000626. The van der Waals surface area contributed by atoms with Gasteiger partial charge in [0.2, 0.25) is 0 Å². The van der Waals surface area contributed by atoms with E-state index in [2.05, 4.69) is 242 Å². The van der Waals surface area contributed by atoms with Crippen LogP contribution in [0.15, 0.2) is 201 Å². The van der Waals surface area contributed by atoms with Crippen LogP contribution in [0.4, 0.5) is 0 Å². The Kier molecular flexibility index (Phi) is 13.1. The first kappa shape index (κ1) is 50.1. The molecule has 0 saturated heterocycles. The summed E-state index contributed by atoms with van der Waals surface area (Å²) in [6.45, 7) is 20.5. The van der Waals surface area contributed by atoms with Gasteiger partial charge in [0.1, 0.15) is 6.33 Å². The molecule has 0 bridgehead atoms. The SMILES string of the molecule is CC(C)(C)c1cccc(-c2ccc(C3(c4[c-]c(Oc5[c-]c(-c6nncn6-c6c(-c7ccccc7)cccc6-c6ccccc6)ccc5)ccc4)c4cc(C(C)(C)C)ccc4-c4ccc(C(C)(C)C)cc43)nc2)c1.[Pt+2]. The summed E-state index contributed by atoms with van der Waals surface area (Å²) in [6, 6.07) is 74.4. The molecular formula is C68H60N4OPt. The normalized spacial score (nSPS) is 12.9. The second kappa shape index (κ2) is 19.4. The zero-order chi connectivity index (χ0) is 50.7. The van der Waals surface area contributed by atoms with Gasteiger partial charge >= 0.3 is 21.1 Å². The molecule has 5 nitrogen and oxygen atoms in total. The second-order valence-corrected chi connectivity index (χ2v) is 22.5. The van der Waals surface area contributed by atoms with E-state index in [9.17, 15) is 0 Å². The van der Waals surface area contributed by atoms with Gasteiger partial charge in [-0.15, -0.1) is 46.6 Å². The standard InChI is InChI=1S/C68H60N4O.Pt/c1-65(2,3)50-26-16-24-47(38-50)49-32-37-62(69-43-49)68(60-41-51(66(4,5)6)33-35-58(60)59-36-34-52(42-61(59)68)67(7,8)9)53-27-18-29-55(40-53)73-54-28-17-25-48(39-54)64-71-70-44-72(64)63-56(45-20-12-10-13-21-45)30-19-31-57(63)46-22-14-11-15-23-46;/h10-38,41-44H,1-9H3;/q-2;+2. The molecule has 74 heavy (non-hydrogen) atoms. The van der Waals surface area contributed by atoms with E-state index >= 15 is 0 Å². The molecule has 6 heteroatoms. The summed E-state index contributed by atoms with van der Waals surface area (Å²) in [6.07, 6.45) is 3.84. The molecule has 11 rings (SSSR count). The first-order chi connectivity index (χ1) is 35.1. The molecule has 8 aromatic carbocycles. The molecule has 0 radical (unpaired) electrons. The van der Waals surface area contributed by atoms with Gasteiger partial charge in [-0.2, -0.15) is 17.2 Å². The quantitative estimate of drug-likeness (QED) is 0.135. The van der Waals surface area contributed by atoms with Crippen LogP contribution in [-0.4, -0.2) is 19.7 Å². The molecule has 0 N–H and O–H groups in total. The summed E-state index contributed by atoms with van der Waals surface area (Å²) < 4.78 is 8.96. The smallest absolute Gasteiger partial charge is 0.503 e. The van der Waals surface area contributed by atoms with Crippen molar-refractivity contribution in [1.29, 1.82) is 0 Å². The fourth-order valence-electron chi connectivity index (χ4n) is 10.5. The van der Waals surface area contributed by atoms with Crippen molar-refractivity contribution >= 4 is 0 Å². The molecule has 0 saturated carbocycles. The summed E-state index contributed by atoms with van der Waals surface area (Å²) >= 11 is 0. The summed E-state index contributed by atoms with van der Waals surface area (Å²) in [5.41, 5.74) is 17.6. The van der Waals surface area contributed by atoms with Crippen LogP contribution in [0.25, 0.3) is 61.6 Å². The van der Waals surface area contributed by atoms with Gasteiger partial charge in [-0.1, -0.05) is 214 Å². The number of benzene rings is 8. The van der Waals surface area contributed by atoms with E-state index in [0.717, 1.165) is 55.9 Å². The van der Waals surface area contributed by atoms with Crippen molar-refractivity contribution in [3.05, 3.63) is 252 Å². The third-order valence-corrected chi connectivity index (χ3v) is 14.5. The largest absolute Gasteiger partial charge is 2.00 e. The Morgan fingerprint density at radius 2 is 0.986 bits per heavy atom. The number of para-hydroxylation sites is 1. The minimum atomic E-state index is -0.844. The first-order valence-electron chi connectivity index (χ1n) is 25.3. The molecule has 10 aromatic rings. The van der Waals surface area contributed by atoms with Crippen molar-refractivity contribution in [2.24, 2.45) is 0 Å². The average molecular weight is 1140 g/mol. The van der Waals surface area contributed by atoms with Crippen molar-refractivity contribution in [2.75, 3.05) is 0 Å². The predicted octanol–water partition coefficient (Wildman–Crippen LogP) is 17.0. The zero-order valence-electron chi connectivity index (χ0n) is 43.6. The number of nitrogens with zero attached hydrogens (tertiary/aromatic N) is 4.